The molecule has 0 spiro atoms. The Balaban J connectivity index is 2.93. The van der Waals surface area contributed by atoms with Gasteiger partial charge in [-0.25, -0.2) is 4.39 Å². The lowest BCUT2D eigenvalue weighted by atomic mass is 9.98. The van der Waals surface area contributed by atoms with E-state index in [2.05, 4.69) is 0 Å². The zero-order chi connectivity index (χ0) is 15.9. The van der Waals surface area contributed by atoms with Gasteiger partial charge >= 0.3 is 0 Å². The van der Waals surface area contributed by atoms with Gasteiger partial charge in [0.25, 0.3) is 5.91 Å². The van der Waals surface area contributed by atoms with Gasteiger partial charge in [-0.1, -0.05) is 70.1 Å². The lowest BCUT2D eigenvalue weighted by Crippen LogP contribution is -2.15. The van der Waals surface area contributed by atoms with Gasteiger partial charge in [0, 0.05) is 11.1 Å². The minimum absolute atomic E-state index is 0.0332. The summed E-state index contributed by atoms with van der Waals surface area (Å²) in [4.78, 5) is 11.5. The normalized spacial score (nSPS) is 10.8. The number of carbonyl (C=O) groups is 1. The molecule has 2 aromatic carbocycles. The number of rotatable bonds is 2. The van der Waals surface area contributed by atoms with E-state index in [4.69, 9.17) is 63.7 Å². The second kappa shape index (κ2) is 6.19. The number of carbonyl (C=O) groups excluding carboxylic acids is 1. The van der Waals surface area contributed by atoms with Crippen LogP contribution >= 0.6 is 58.0 Å². The third kappa shape index (κ3) is 2.81. The Morgan fingerprint density at radius 1 is 0.905 bits per heavy atom. The van der Waals surface area contributed by atoms with Crippen molar-refractivity contribution in [1.29, 1.82) is 0 Å². The predicted octanol–water partition coefficient (Wildman–Crippen LogP) is 5.86. The summed E-state index contributed by atoms with van der Waals surface area (Å²) < 4.78 is 13.9. The summed E-state index contributed by atoms with van der Waals surface area (Å²) in [6, 6.07) is 3.89. The second-order valence-electron chi connectivity index (χ2n) is 3.97. The van der Waals surface area contributed by atoms with E-state index in [0.717, 1.165) is 6.07 Å². The number of hydrogen-bond acceptors (Lipinski definition) is 1. The Morgan fingerprint density at radius 2 is 1.38 bits per heavy atom. The van der Waals surface area contributed by atoms with Crippen molar-refractivity contribution in [3.05, 3.63) is 54.7 Å². The number of amides is 1. The van der Waals surface area contributed by atoms with Crippen LogP contribution in [0.2, 0.25) is 25.1 Å². The largest absolute Gasteiger partial charge is 0.365 e. The van der Waals surface area contributed by atoms with E-state index in [0.29, 0.717) is 0 Å². The fourth-order valence-electron chi connectivity index (χ4n) is 1.82. The molecular weight excluding hydrogens is 382 g/mol. The van der Waals surface area contributed by atoms with Crippen molar-refractivity contribution in [2.45, 2.75) is 0 Å². The Hall–Kier alpha value is -0.710. The van der Waals surface area contributed by atoms with Crippen LogP contribution in [0.1, 0.15) is 10.4 Å². The lowest BCUT2D eigenvalue weighted by Gasteiger charge is -2.15. The average molecular weight is 387 g/mol. The number of halogens is 6. The van der Waals surface area contributed by atoms with Crippen LogP contribution < -0.4 is 5.73 Å². The third-order valence-electron chi connectivity index (χ3n) is 2.74. The van der Waals surface area contributed by atoms with E-state index in [9.17, 15) is 9.18 Å². The fraction of sp³-hybridized carbons (Fsp3) is 0. The molecule has 2 aromatic rings. The highest BCUT2D eigenvalue weighted by atomic mass is 35.5. The molecule has 0 radical (unpaired) electrons. The first-order chi connectivity index (χ1) is 9.77. The molecule has 0 aromatic heterocycles. The van der Waals surface area contributed by atoms with Crippen LogP contribution in [-0.2, 0) is 0 Å². The first-order valence-electron chi connectivity index (χ1n) is 5.37. The van der Waals surface area contributed by atoms with Gasteiger partial charge in [0.1, 0.15) is 5.82 Å². The van der Waals surface area contributed by atoms with Crippen molar-refractivity contribution in [3.63, 3.8) is 0 Å². The van der Waals surface area contributed by atoms with Crippen molar-refractivity contribution >= 4 is 63.9 Å². The molecule has 0 aliphatic heterocycles. The van der Waals surface area contributed by atoms with Crippen molar-refractivity contribution in [3.8, 4) is 11.1 Å². The number of benzene rings is 2. The Labute approximate surface area is 144 Å². The molecule has 0 atom stereocenters. The summed E-state index contributed by atoms with van der Waals surface area (Å²) in [5.74, 6) is -1.79. The topological polar surface area (TPSA) is 43.1 Å². The van der Waals surface area contributed by atoms with Crippen LogP contribution in [0.25, 0.3) is 11.1 Å². The lowest BCUT2D eigenvalue weighted by molar-refractivity contribution is 0.0997. The molecule has 0 aliphatic carbocycles. The summed E-state index contributed by atoms with van der Waals surface area (Å²) in [5, 5.41) is -0.243. The summed E-state index contributed by atoms with van der Waals surface area (Å²) in [5.41, 5.74) is 5.01. The van der Waals surface area contributed by atoms with Crippen molar-refractivity contribution in [2.75, 3.05) is 0 Å². The molecule has 0 bridgehead atoms. The molecule has 0 saturated carbocycles. The molecule has 110 valence electrons. The first-order valence-corrected chi connectivity index (χ1v) is 7.26. The van der Waals surface area contributed by atoms with Crippen molar-refractivity contribution in [1.82, 2.24) is 0 Å². The van der Waals surface area contributed by atoms with Crippen molar-refractivity contribution < 1.29 is 9.18 Å². The van der Waals surface area contributed by atoms with Gasteiger partial charge in [-0.15, -0.1) is 0 Å². The Morgan fingerprint density at radius 3 is 1.86 bits per heavy atom. The average Bonchev–Trinajstić information content (AvgIpc) is 2.43. The molecule has 2 N–H and O–H groups in total. The smallest absolute Gasteiger partial charge is 0.252 e. The van der Waals surface area contributed by atoms with Crippen LogP contribution in [0.5, 0.6) is 0 Å². The molecule has 2 rings (SSSR count). The minimum Gasteiger partial charge on any atom is -0.365 e. The van der Waals surface area contributed by atoms with Gasteiger partial charge in [-0.3, -0.25) is 4.79 Å². The van der Waals surface area contributed by atoms with E-state index in [1.807, 2.05) is 0 Å². The standard InChI is InChI=1S/C13H5Cl5FNO/c14-8-7(9(15)11(17)12(18)10(8)16)4-2-1-3-5(19)6(4)13(20)21/h1-3H,(H2,20,21). The molecule has 0 heterocycles. The molecule has 21 heavy (non-hydrogen) atoms. The predicted molar refractivity (Wildman–Crippen MR) is 85.4 cm³/mol. The van der Waals surface area contributed by atoms with Gasteiger partial charge < -0.3 is 5.73 Å². The van der Waals surface area contributed by atoms with Gasteiger partial charge in [-0.05, 0) is 6.07 Å². The molecule has 0 fully saturated rings. The summed E-state index contributed by atoms with van der Waals surface area (Å²) in [7, 11) is 0. The number of hydrogen-bond donors (Lipinski definition) is 1. The third-order valence-corrected chi connectivity index (χ3v) is 5.02. The van der Waals surface area contributed by atoms with E-state index in [-0.39, 0.29) is 41.8 Å². The van der Waals surface area contributed by atoms with E-state index in [1.165, 1.54) is 12.1 Å². The van der Waals surface area contributed by atoms with E-state index in [1.54, 1.807) is 0 Å². The maximum Gasteiger partial charge on any atom is 0.252 e. The van der Waals surface area contributed by atoms with Crippen LogP contribution in [0.4, 0.5) is 4.39 Å². The van der Waals surface area contributed by atoms with Gasteiger partial charge in [-0.2, -0.15) is 0 Å². The molecule has 0 saturated heterocycles. The maximum absolute atomic E-state index is 13.9. The zero-order valence-electron chi connectivity index (χ0n) is 9.99. The maximum atomic E-state index is 13.9. The zero-order valence-corrected chi connectivity index (χ0v) is 13.8. The minimum atomic E-state index is -0.975. The number of nitrogens with two attached hydrogens (primary N) is 1. The molecule has 0 unspecified atom stereocenters. The number of primary amides is 1. The van der Waals surface area contributed by atoms with Crippen LogP contribution in [-0.4, -0.2) is 5.91 Å². The molecule has 1 amide bonds. The van der Waals surface area contributed by atoms with Gasteiger partial charge in [0.15, 0.2) is 0 Å². The van der Waals surface area contributed by atoms with E-state index >= 15 is 0 Å². The van der Waals surface area contributed by atoms with Gasteiger partial charge in [0.2, 0.25) is 0 Å². The van der Waals surface area contributed by atoms with E-state index < -0.39 is 11.7 Å². The quantitative estimate of drug-likeness (QED) is 0.509. The molecule has 2 nitrogen and oxygen atoms in total. The molecule has 8 heteroatoms. The van der Waals surface area contributed by atoms with Crippen LogP contribution in [0.3, 0.4) is 0 Å². The summed E-state index contributed by atoms with van der Waals surface area (Å²) >= 11 is 30.0. The van der Waals surface area contributed by atoms with Gasteiger partial charge in [0.05, 0.1) is 30.7 Å². The molecule has 0 aliphatic rings. The highest BCUT2D eigenvalue weighted by Crippen LogP contribution is 2.48. The Kier molecular flexibility index (Phi) is 4.91. The fourth-order valence-corrected chi connectivity index (χ4v) is 3.17. The summed E-state index contributed by atoms with van der Waals surface area (Å²) in [6.45, 7) is 0. The van der Waals surface area contributed by atoms with Crippen molar-refractivity contribution in [2.24, 2.45) is 5.73 Å². The highest BCUT2D eigenvalue weighted by molar-refractivity contribution is 6.56. The monoisotopic (exact) mass is 385 g/mol. The van der Waals surface area contributed by atoms with Crippen LogP contribution in [0, 0.1) is 5.82 Å². The Bertz CT molecular complexity index is 734. The second-order valence-corrected chi connectivity index (χ2v) is 5.86. The van der Waals surface area contributed by atoms with Crippen LogP contribution in [0.15, 0.2) is 18.2 Å². The molecular formula is C13H5Cl5FNO. The highest BCUT2D eigenvalue weighted by Gasteiger charge is 2.24. The first kappa shape index (κ1) is 16.7. The SMILES string of the molecule is NC(=O)c1c(F)cccc1-c1c(Cl)c(Cl)c(Cl)c(Cl)c1Cl. The summed E-state index contributed by atoms with van der Waals surface area (Å²) in [6.07, 6.45) is 0.